The van der Waals surface area contributed by atoms with Gasteiger partial charge in [-0.2, -0.15) is 0 Å². The largest absolute Gasteiger partial charge is 0.458 e. The molecule has 0 aliphatic heterocycles. The standard InChI is InChI=1S/C15H18N2O4.C2H6/c1-4-6-20-15(19)12-8-11(9-13(16)10-12)14(18)17(3)21-7-5-2;1-2/h4-5,8-10H,1-2,6-7,16H2,3H3;1-2H3. The maximum Gasteiger partial charge on any atom is 0.338 e. The van der Waals surface area contributed by atoms with Crippen molar-refractivity contribution < 1.29 is 19.2 Å². The van der Waals surface area contributed by atoms with Crippen LogP contribution in [0.2, 0.25) is 0 Å². The first kappa shape index (κ1) is 20.4. The van der Waals surface area contributed by atoms with E-state index in [-0.39, 0.29) is 30.0 Å². The third-order valence-electron chi connectivity index (χ3n) is 2.44. The second-order valence-corrected chi connectivity index (χ2v) is 4.12. The summed E-state index contributed by atoms with van der Waals surface area (Å²) in [6.45, 7) is 11.2. The van der Waals surface area contributed by atoms with Crippen LogP contribution in [0, 0.1) is 0 Å². The minimum atomic E-state index is -0.578. The van der Waals surface area contributed by atoms with Crippen molar-refractivity contribution in [1.82, 2.24) is 5.06 Å². The van der Waals surface area contributed by atoms with Gasteiger partial charge in [-0.3, -0.25) is 9.63 Å². The van der Waals surface area contributed by atoms with Crippen molar-refractivity contribution in [2.45, 2.75) is 13.8 Å². The molecule has 0 bridgehead atoms. The van der Waals surface area contributed by atoms with Gasteiger partial charge in [-0.1, -0.05) is 32.6 Å². The van der Waals surface area contributed by atoms with Crippen molar-refractivity contribution >= 4 is 17.6 Å². The summed E-state index contributed by atoms with van der Waals surface area (Å²) in [5.41, 5.74) is 6.41. The number of nitrogens with two attached hydrogens (primary N) is 1. The SMILES string of the molecule is C=CCOC(=O)c1cc(N)cc(C(=O)N(C)OCC=C)c1.CC. The number of benzene rings is 1. The van der Waals surface area contributed by atoms with Crippen molar-refractivity contribution in [3.63, 3.8) is 0 Å². The molecule has 126 valence electrons. The lowest BCUT2D eigenvalue weighted by molar-refractivity contribution is -0.0932. The van der Waals surface area contributed by atoms with Gasteiger partial charge in [0.05, 0.1) is 12.2 Å². The zero-order valence-electron chi connectivity index (χ0n) is 13.9. The molecule has 6 heteroatoms. The van der Waals surface area contributed by atoms with Crippen LogP contribution in [-0.2, 0) is 9.57 Å². The Balaban J connectivity index is 0.00000232. The van der Waals surface area contributed by atoms with Crippen LogP contribution in [0.1, 0.15) is 34.6 Å². The van der Waals surface area contributed by atoms with E-state index in [4.69, 9.17) is 15.3 Å². The number of nitrogen functional groups attached to an aromatic ring is 1. The number of carbonyl (C=O) groups is 2. The van der Waals surface area contributed by atoms with E-state index < -0.39 is 11.9 Å². The quantitative estimate of drug-likeness (QED) is 0.361. The average Bonchev–Trinajstić information content (AvgIpc) is 2.57. The van der Waals surface area contributed by atoms with Gasteiger partial charge in [0, 0.05) is 18.3 Å². The molecule has 0 spiro atoms. The highest BCUT2D eigenvalue weighted by Gasteiger charge is 2.16. The molecule has 0 atom stereocenters. The fourth-order valence-electron chi connectivity index (χ4n) is 1.52. The molecule has 0 aromatic heterocycles. The molecule has 1 rings (SSSR count). The fourth-order valence-corrected chi connectivity index (χ4v) is 1.52. The van der Waals surface area contributed by atoms with E-state index in [2.05, 4.69) is 13.2 Å². The Kier molecular flexibility index (Phi) is 9.78. The summed E-state index contributed by atoms with van der Waals surface area (Å²) in [7, 11) is 1.46. The van der Waals surface area contributed by atoms with Crippen LogP contribution in [0.15, 0.2) is 43.5 Å². The van der Waals surface area contributed by atoms with Gasteiger partial charge in [0.25, 0.3) is 5.91 Å². The van der Waals surface area contributed by atoms with E-state index in [1.54, 1.807) is 0 Å². The van der Waals surface area contributed by atoms with Crippen LogP contribution in [-0.4, -0.2) is 37.2 Å². The Morgan fingerprint density at radius 3 is 2.26 bits per heavy atom. The second-order valence-electron chi connectivity index (χ2n) is 4.12. The average molecular weight is 320 g/mol. The Labute approximate surface area is 137 Å². The molecule has 23 heavy (non-hydrogen) atoms. The van der Waals surface area contributed by atoms with E-state index in [0.29, 0.717) is 0 Å². The van der Waals surface area contributed by atoms with E-state index in [0.717, 1.165) is 5.06 Å². The Morgan fingerprint density at radius 1 is 1.13 bits per heavy atom. The number of anilines is 1. The molecule has 1 aromatic rings. The number of esters is 1. The van der Waals surface area contributed by atoms with Gasteiger partial charge in [0.15, 0.2) is 0 Å². The third kappa shape index (κ3) is 6.80. The molecule has 0 unspecified atom stereocenters. The molecule has 0 heterocycles. The van der Waals surface area contributed by atoms with Crippen LogP contribution in [0.3, 0.4) is 0 Å². The van der Waals surface area contributed by atoms with Crippen LogP contribution >= 0.6 is 0 Å². The zero-order chi connectivity index (χ0) is 17.8. The molecular formula is C17H24N2O4. The lowest BCUT2D eigenvalue weighted by Crippen LogP contribution is -2.27. The summed E-state index contributed by atoms with van der Waals surface area (Å²) in [4.78, 5) is 29.0. The highest BCUT2D eigenvalue weighted by molar-refractivity contribution is 5.98. The summed E-state index contributed by atoms with van der Waals surface area (Å²) >= 11 is 0. The van der Waals surface area contributed by atoms with Crippen LogP contribution in [0.5, 0.6) is 0 Å². The van der Waals surface area contributed by atoms with Crippen LogP contribution < -0.4 is 5.73 Å². The molecule has 2 N–H and O–H groups in total. The number of hydroxylamine groups is 2. The number of hydrogen-bond donors (Lipinski definition) is 1. The van der Waals surface area contributed by atoms with Crippen molar-refractivity contribution in [2.24, 2.45) is 0 Å². The van der Waals surface area contributed by atoms with Gasteiger partial charge < -0.3 is 10.5 Å². The summed E-state index contributed by atoms with van der Waals surface area (Å²) in [6, 6.07) is 4.30. The monoisotopic (exact) mass is 320 g/mol. The molecule has 0 aliphatic carbocycles. The van der Waals surface area contributed by atoms with Crippen LogP contribution in [0.4, 0.5) is 5.69 Å². The van der Waals surface area contributed by atoms with Crippen molar-refractivity contribution in [1.29, 1.82) is 0 Å². The lowest BCUT2D eigenvalue weighted by atomic mass is 10.1. The number of amides is 1. The molecule has 0 saturated carbocycles. The molecule has 0 radical (unpaired) electrons. The molecular weight excluding hydrogens is 296 g/mol. The predicted molar refractivity (Wildman–Crippen MR) is 90.9 cm³/mol. The zero-order valence-corrected chi connectivity index (χ0v) is 13.9. The van der Waals surface area contributed by atoms with E-state index in [1.807, 2.05) is 13.8 Å². The Hall–Kier alpha value is -2.60. The highest BCUT2D eigenvalue weighted by Crippen LogP contribution is 2.15. The van der Waals surface area contributed by atoms with Crippen molar-refractivity contribution in [2.75, 3.05) is 26.0 Å². The van der Waals surface area contributed by atoms with Crippen molar-refractivity contribution in [3.8, 4) is 0 Å². The van der Waals surface area contributed by atoms with Gasteiger partial charge in [0.1, 0.15) is 6.61 Å². The topological polar surface area (TPSA) is 81.9 Å². The fraction of sp³-hybridized carbons (Fsp3) is 0.294. The summed E-state index contributed by atoms with van der Waals surface area (Å²) < 4.78 is 4.91. The number of hydrogen-bond acceptors (Lipinski definition) is 5. The molecule has 1 amide bonds. The lowest BCUT2D eigenvalue weighted by Gasteiger charge is -2.16. The summed E-state index contributed by atoms with van der Waals surface area (Å²) in [5, 5.41) is 1.05. The summed E-state index contributed by atoms with van der Waals surface area (Å²) in [5.74, 6) is -1.01. The van der Waals surface area contributed by atoms with Gasteiger partial charge in [-0.15, -0.1) is 6.58 Å². The number of nitrogens with zero attached hydrogens (tertiary/aromatic N) is 1. The number of ether oxygens (including phenoxy) is 1. The first-order valence-electron chi connectivity index (χ1n) is 7.20. The molecule has 6 nitrogen and oxygen atoms in total. The Morgan fingerprint density at radius 2 is 1.70 bits per heavy atom. The maximum absolute atomic E-state index is 12.1. The maximum atomic E-state index is 12.1. The van der Waals surface area contributed by atoms with Crippen molar-refractivity contribution in [3.05, 3.63) is 54.6 Å². The number of carbonyl (C=O) groups excluding carboxylic acids is 2. The van der Waals surface area contributed by atoms with Gasteiger partial charge in [-0.25, -0.2) is 9.86 Å². The van der Waals surface area contributed by atoms with Gasteiger partial charge in [-0.05, 0) is 18.2 Å². The third-order valence-corrected chi connectivity index (χ3v) is 2.44. The van der Waals surface area contributed by atoms with Crippen LogP contribution in [0.25, 0.3) is 0 Å². The first-order valence-corrected chi connectivity index (χ1v) is 7.20. The van der Waals surface area contributed by atoms with E-state index in [1.165, 1.54) is 37.4 Å². The minimum absolute atomic E-state index is 0.0826. The molecule has 1 aromatic carbocycles. The predicted octanol–water partition coefficient (Wildman–Crippen LogP) is 2.83. The summed E-state index contributed by atoms with van der Waals surface area (Å²) in [6.07, 6.45) is 2.97. The van der Waals surface area contributed by atoms with E-state index in [9.17, 15) is 9.59 Å². The first-order chi connectivity index (χ1) is 11.0. The van der Waals surface area contributed by atoms with Gasteiger partial charge in [0.2, 0.25) is 0 Å². The smallest absolute Gasteiger partial charge is 0.338 e. The molecule has 0 aliphatic rings. The highest BCUT2D eigenvalue weighted by atomic mass is 16.7. The van der Waals surface area contributed by atoms with E-state index >= 15 is 0 Å². The normalized spacial score (nSPS) is 9.17. The Bertz CT molecular complexity index is 556. The minimum Gasteiger partial charge on any atom is -0.458 e. The van der Waals surface area contributed by atoms with Gasteiger partial charge >= 0.3 is 5.97 Å². The molecule has 0 fully saturated rings. The molecule has 0 saturated heterocycles. The number of rotatable bonds is 7. The second kappa shape index (κ2) is 11.0.